The number of pyridine rings is 1. The molecule has 0 radical (unpaired) electrons. The highest BCUT2D eigenvalue weighted by Crippen LogP contribution is 2.30. The maximum Gasteiger partial charge on any atom is 0.272 e. The van der Waals surface area contributed by atoms with E-state index in [0.717, 1.165) is 24.8 Å². The van der Waals surface area contributed by atoms with Gasteiger partial charge in [-0.2, -0.15) is 0 Å². The molecule has 1 aliphatic rings. The maximum atomic E-state index is 12.6. The first-order chi connectivity index (χ1) is 11.6. The lowest BCUT2D eigenvalue weighted by Crippen LogP contribution is -2.40. The molecule has 128 valence electrons. The fourth-order valence-corrected chi connectivity index (χ4v) is 3.26. The number of hydrogen-bond acceptors (Lipinski definition) is 4. The zero-order chi connectivity index (χ0) is 17.1. The number of imidazole rings is 1. The van der Waals surface area contributed by atoms with Gasteiger partial charge in [-0.15, -0.1) is 0 Å². The molecule has 1 N–H and O–H groups in total. The van der Waals surface area contributed by atoms with Gasteiger partial charge in [0.2, 0.25) is 0 Å². The third-order valence-electron chi connectivity index (χ3n) is 4.85. The second-order valence-corrected chi connectivity index (χ2v) is 6.37. The minimum atomic E-state index is -0.580. The average molecular weight is 328 g/mol. The molecule has 3 rings (SSSR count). The Morgan fingerprint density at radius 2 is 2.08 bits per heavy atom. The van der Waals surface area contributed by atoms with Crippen LogP contribution in [0.5, 0.6) is 0 Å². The quantitative estimate of drug-likeness (QED) is 0.931. The zero-order valence-corrected chi connectivity index (χ0v) is 14.2. The molecule has 1 atom stereocenters. The number of likely N-dealkylation sites (tertiary alicyclic amines) is 1. The summed E-state index contributed by atoms with van der Waals surface area (Å²) in [4.78, 5) is 22.9. The Bertz CT molecular complexity index is 705. The molecule has 1 fully saturated rings. The van der Waals surface area contributed by atoms with E-state index in [1.807, 2.05) is 34.8 Å². The van der Waals surface area contributed by atoms with Gasteiger partial charge in [0.25, 0.3) is 5.91 Å². The van der Waals surface area contributed by atoms with Gasteiger partial charge < -0.3 is 14.6 Å². The van der Waals surface area contributed by atoms with Crippen LogP contribution in [0, 0.1) is 5.92 Å². The van der Waals surface area contributed by atoms with E-state index in [-0.39, 0.29) is 11.8 Å². The molecule has 1 saturated heterocycles. The van der Waals surface area contributed by atoms with Crippen LogP contribution in [-0.4, -0.2) is 43.5 Å². The standard InChI is InChI=1S/C18H24N4O2/c1-3-13-4-7-19-15(12-13)18(24)22-9-5-14(6-10-22)16(23)17-20-8-11-21(17)2/h4,7-8,11-12,14,16,23H,3,5-6,9-10H2,1-2H3. The molecule has 0 aliphatic carbocycles. The molecule has 0 aromatic carbocycles. The van der Waals surface area contributed by atoms with Crippen LogP contribution in [0.1, 0.15) is 47.7 Å². The summed E-state index contributed by atoms with van der Waals surface area (Å²) < 4.78 is 1.85. The normalized spacial score (nSPS) is 17.0. The van der Waals surface area contributed by atoms with Crippen LogP contribution in [0.15, 0.2) is 30.7 Å². The highest BCUT2D eigenvalue weighted by molar-refractivity contribution is 5.92. The minimum Gasteiger partial charge on any atom is -0.385 e. The Morgan fingerprint density at radius 1 is 1.33 bits per heavy atom. The Morgan fingerprint density at radius 3 is 2.71 bits per heavy atom. The first-order valence-electron chi connectivity index (χ1n) is 8.49. The van der Waals surface area contributed by atoms with Gasteiger partial charge in [0, 0.05) is 38.7 Å². The lowest BCUT2D eigenvalue weighted by Gasteiger charge is -2.33. The van der Waals surface area contributed by atoms with Gasteiger partial charge in [-0.25, -0.2) is 4.98 Å². The molecule has 2 aromatic rings. The number of aliphatic hydroxyl groups excluding tert-OH is 1. The maximum absolute atomic E-state index is 12.6. The lowest BCUT2D eigenvalue weighted by atomic mass is 9.90. The Balaban J connectivity index is 1.62. The molecule has 24 heavy (non-hydrogen) atoms. The summed E-state index contributed by atoms with van der Waals surface area (Å²) in [6.45, 7) is 3.35. The summed E-state index contributed by atoms with van der Waals surface area (Å²) in [6.07, 6.45) is 7.08. The topological polar surface area (TPSA) is 71.2 Å². The van der Waals surface area contributed by atoms with Crippen LogP contribution in [0.2, 0.25) is 0 Å². The SMILES string of the molecule is CCc1ccnc(C(=O)N2CCC(C(O)c3nccn3C)CC2)c1. The molecular weight excluding hydrogens is 304 g/mol. The van der Waals surface area contributed by atoms with E-state index in [1.165, 1.54) is 0 Å². The molecule has 6 nitrogen and oxygen atoms in total. The van der Waals surface area contributed by atoms with Gasteiger partial charge in [-0.05, 0) is 42.9 Å². The van der Waals surface area contributed by atoms with Gasteiger partial charge in [0.05, 0.1) is 0 Å². The van der Waals surface area contributed by atoms with Crippen molar-refractivity contribution in [1.82, 2.24) is 19.4 Å². The molecular formula is C18H24N4O2. The number of piperidine rings is 1. The summed E-state index contributed by atoms with van der Waals surface area (Å²) >= 11 is 0. The third-order valence-corrected chi connectivity index (χ3v) is 4.85. The number of aromatic nitrogens is 3. The number of rotatable bonds is 4. The van der Waals surface area contributed by atoms with Crippen LogP contribution >= 0.6 is 0 Å². The van der Waals surface area contributed by atoms with E-state index < -0.39 is 6.10 Å². The van der Waals surface area contributed by atoms with Crippen LogP contribution in [0.4, 0.5) is 0 Å². The summed E-state index contributed by atoms with van der Waals surface area (Å²) in [7, 11) is 1.89. The van der Waals surface area contributed by atoms with Crippen LogP contribution in [0.25, 0.3) is 0 Å². The summed E-state index contributed by atoms with van der Waals surface area (Å²) in [5, 5.41) is 10.5. The molecule has 1 aliphatic heterocycles. The van der Waals surface area contributed by atoms with E-state index >= 15 is 0 Å². The van der Waals surface area contributed by atoms with Crippen molar-refractivity contribution in [1.29, 1.82) is 0 Å². The van der Waals surface area contributed by atoms with Crippen LogP contribution in [-0.2, 0) is 13.5 Å². The van der Waals surface area contributed by atoms with Crippen molar-refractivity contribution < 1.29 is 9.90 Å². The fourth-order valence-electron chi connectivity index (χ4n) is 3.26. The Kier molecular flexibility index (Phi) is 4.94. The second kappa shape index (κ2) is 7.13. The molecule has 2 aromatic heterocycles. The number of carbonyl (C=O) groups is 1. The van der Waals surface area contributed by atoms with Gasteiger partial charge in [-0.3, -0.25) is 9.78 Å². The fraction of sp³-hybridized carbons (Fsp3) is 0.500. The van der Waals surface area contributed by atoms with Crippen molar-refractivity contribution in [3.8, 4) is 0 Å². The van der Waals surface area contributed by atoms with Crippen molar-refractivity contribution in [2.24, 2.45) is 13.0 Å². The first-order valence-corrected chi connectivity index (χ1v) is 8.49. The largest absolute Gasteiger partial charge is 0.385 e. The third kappa shape index (κ3) is 3.33. The molecule has 0 bridgehead atoms. The lowest BCUT2D eigenvalue weighted by molar-refractivity contribution is 0.0417. The van der Waals surface area contributed by atoms with E-state index in [4.69, 9.17) is 0 Å². The second-order valence-electron chi connectivity index (χ2n) is 6.37. The average Bonchev–Trinajstić information content (AvgIpc) is 3.06. The van der Waals surface area contributed by atoms with Gasteiger partial charge in [-0.1, -0.05) is 6.92 Å². The van der Waals surface area contributed by atoms with E-state index in [9.17, 15) is 9.90 Å². The monoisotopic (exact) mass is 328 g/mol. The van der Waals surface area contributed by atoms with Crippen molar-refractivity contribution >= 4 is 5.91 Å². The summed E-state index contributed by atoms with van der Waals surface area (Å²) in [5.41, 5.74) is 1.63. The molecule has 0 spiro atoms. The zero-order valence-electron chi connectivity index (χ0n) is 14.2. The van der Waals surface area contributed by atoms with Crippen molar-refractivity contribution in [3.05, 3.63) is 47.8 Å². The number of aryl methyl sites for hydroxylation is 2. The number of aliphatic hydroxyl groups is 1. The smallest absolute Gasteiger partial charge is 0.272 e. The number of amides is 1. The minimum absolute atomic E-state index is 0.0183. The number of nitrogens with zero attached hydrogens (tertiary/aromatic N) is 4. The number of carbonyl (C=O) groups excluding carboxylic acids is 1. The van der Waals surface area contributed by atoms with Crippen molar-refractivity contribution in [2.45, 2.75) is 32.3 Å². The first kappa shape index (κ1) is 16.6. The Hall–Kier alpha value is -2.21. The summed E-state index contributed by atoms with van der Waals surface area (Å²) in [6, 6.07) is 3.81. The van der Waals surface area contributed by atoms with Gasteiger partial charge in [0.1, 0.15) is 17.6 Å². The highest BCUT2D eigenvalue weighted by atomic mass is 16.3. The molecule has 3 heterocycles. The van der Waals surface area contributed by atoms with Crippen molar-refractivity contribution in [3.63, 3.8) is 0 Å². The summed E-state index contributed by atoms with van der Waals surface area (Å²) in [5.74, 6) is 0.803. The molecule has 1 amide bonds. The molecule has 6 heteroatoms. The molecule has 1 unspecified atom stereocenters. The number of hydrogen-bond donors (Lipinski definition) is 1. The van der Waals surface area contributed by atoms with E-state index in [0.29, 0.717) is 24.6 Å². The van der Waals surface area contributed by atoms with E-state index in [1.54, 1.807) is 12.4 Å². The Labute approximate surface area is 142 Å². The van der Waals surface area contributed by atoms with Crippen molar-refractivity contribution in [2.75, 3.05) is 13.1 Å². The van der Waals surface area contributed by atoms with Crippen LogP contribution < -0.4 is 0 Å². The van der Waals surface area contributed by atoms with E-state index in [2.05, 4.69) is 16.9 Å². The van der Waals surface area contributed by atoms with Gasteiger partial charge in [0.15, 0.2) is 0 Å². The molecule has 0 saturated carbocycles. The predicted molar refractivity (Wildman–Crippen MR) is 90.4 cm³/mol. The highest BCUT2D eigenvalue weighted by Gasteiger charge is 2.30. The van der Waals surface area contributed by atoms with Crippen LogP contribution in [0.3, 0.4) is 0 Å². The van der Waals surface area contributed by atoms with Gasteiger partial charge >= 0.3 is 0 Å². The predicted octanol–water partition coefficient (Wildman–Crippen LogP) is 1.96.